The molecular weight excluding hydrogens is 300 g/mol. The van der Waals surface area contributed by atoms with Gasteiger partial charge in [0.15, 0.2) is 17.7 Å². The average Bonchev–Trinajstić information content (AvgIpc) is 2.51. The second kappa shape index (κ2) is 7.22. The normalized spacial score (nSPS) is 11.9. The lowest BCUT2D eigenvalue weighted by atomic mass is 10.1. The van der Waals surface area contributed by atoms with Crippen molar-refractivity contribution < 1.29 is 18.3 Å². The molecule has 0 saturated carbocycles. The summed E-state index contributed by atoms with van der Waals surface area (Å²) in [6.45, 7) is 5.66. The Labute approximate surface area is 134 Å². The smallest absolute Gasteiger partial charge is 0.265 e. The van der Waals surface area contributed by atoms with Crippen molar-refractivity contribution >= 4 is 11.6 Å². The minimum absolute atomic E-state index is 0.192. The van der Waals surface area contributed by atoms with Gasteiger partial charge in [-0.15, -0.1) is 0 Å². The predicted octanol–water partition coefficient (Wildman–Crippen LogP) is 4.38. The molecule has 0 spiro atoms. The van der Waals surface area contributed by atoms with E-state index in [9.17, 15) is 13.6 Å². The summed E-state index contributed by atoms with van der Waals surface area (Å²) in [4.78, 5) is 12.3. The molecule has 2 rings (SSSR count). The number of halogens is 2. The van der Waals surface area contributed by atoms with E-state index in [1.54, 1.807) is 0 Å². The van der Waals surface area contributed by atoms with Crippen LogP contribution in [0.4, 0.5) is 14.5 Å². The number of hydrogen-bond acceptors (Lipinski definition) is 2. The maximum atomic E-state index is 13.2. The van der Waals surface area contributed by atoms with Crippen LogP contribution in [0, 0.1) is 25.5 Å². The van der Waals surface area contributed by atoms with Crippen molar-refractivity contribution in [2.45, 2.75) is 33.3 Å². The molecule has 1 atom stereocenters. The van der Waals surface area contributed by atoms with Crippen LogP contribution in [0.1, 0.15) is 24.5 Å². The maximum absolute atomic E-state index is 13.2. The lowest BCUT2D eigenvalue weighted by Gasteiger charge is -2.19. The quantitative estimate of drug-likeness (QED) is 0.888. The van der Waals surface area contributed by atoms with Crippen LogP contribution in [0.25, 0.3) is 0 Å². The van der Waals surface area contributed by atoms with Crippen molar-refractivity contribution in [1.82, 2.24) is 0 Å². The molecule has 0 fully saturated rings. The zero-order valence-corrected chi connectivity index (χ0v) is 13.3. The Morgan fingerprint density at radius 1 is 1.13 bits per heavy atom. The molecule has 0 aliphatic carbocycles. The molecule has 122 valence electrons. The van der Waals surface area contributed by atoms with Gasteiger partial charge >= 0.3 is 0 Å². The summed E-state index contributed by atoms with van der Waals surface area (Å²) >= 11 is 0. The molecule has 2 aromatic carbocycles. The molecule has 0 unspecified atom stereocenters. The first-order valence-electron chi connectivity index (χ1n) is 7.40. The molecule has 1 amide bonds. The van der Waals surface area contributed by atoms with E-state index in [1.165, 1.54) is 6.07 Å². The Kier molecular flexibility index (Phi) is 5.32. The topological polar surface area (TPSA) is 38.3 Å². The summed E-state index contributed by atoms with van der Waals surface area (Å²) in [5, 5.41) is 2.54. The van der Waals surface area contributed by atoms with Gasteiger partial charge in [0.05, 0.1) is 0 Å². The summed E-state index contributed by atoms with van der Waals surface area (Å²) in [5.41, 5.74) is 2.15. The largest absolute Gasteiger partial charge is 0.480 e. The third-order valence-electron chi connectivity index (χ3n) is 3.46. The van der Waals surface area contributed by atoms with Crippen LogP contribution in [0.3, 0.4) is 0 Å². The Hall–Kier alpha value is -2.43. The number of carbonyl (C=O) groups is 1. The summed E-state index contributed by atoms with van der Waals surface area (Å²) in [6.07, 6.45) is -0.272. The van der Waals surface area contributed by atoms with Gasteiger partial charge in [-0.05, 0) is 49.6 Å². The highest BCUT2D eigenvalue weighted by Gasteiger charge is 2.20. The number of ether oxygens (including phenoxy) is 1. The highest BCUT2D eigenvalue weighted by molar-refractivity contribution is 5.94. The fourth-order valence-electron chi connectivity index (χ4n) is 2.11. The fourth-order valence-corrected chi connectivity index (χ4v) is 2.11. The van der Waals surface area contributed by atoms with Crippen molar-refractivity contribution in [3.8, 4) is 5.75 Å². The van der Waals surface area contributed by atoms with Gasteiger partial charge in [0.25, 0.3) is 5.91 Å². The molecule has 0 heterocycles. The molecule has 23 heavy (non-hydrogen) atoms. The molecule has 2 aromatic rings. The first-order valence-corrected chi connectivity index (χ1v) is 7.40. The van der Waals surface area contributed by atoms with Crippen LogP contribution in [0.15, 0.2) is 36.4 Å². The monoisotopic (exact) mass is 319 g/mol. The molecule has 0 aromatic heterocycles. The van der Waals surface area contributed by atoms with Crippen molar-refractivity contribution in [3.63, 3.8) is 0 Å². The SMILES string of the molecule is CC[C@@H](Oc1cc(C)ccc1C)C(=O)Nc1ccc(F)c(F)c1. The maximum Gasteiger partial charge on any atom is 0.265 e. The lowest BCUT2D eigenvalue weighted by Crippen LogP contribution is -2.32. The van der Waals surface area contributed by atoms with E-state index in [4.69, 9.17) is 4.74 Å². The van der Waals surface area contributed by atoms with Gasteiger partial charge in [0.2, 0.25) is 0 Å². The highest BCUT2D eigenvalue weighted by atomic mass is 19.2. The summed E-state index contributed by atoms with van der Waals surface area (Å²) in [7, 11) is 0. The van der Waals surface area contributed by atoms with E-state index in [1.807, 2.05) is 39.0 Å². The molecule has 0 aliphatic heterocycles. The van der Waals surface area contributed by atoms with Crippen LogP contribution in [-0.2, 0) is 4.79 Å². The van der Waals surface area contributed by atoms with Crippen LogP contribution in [-0.4, -0.2) is 12.0 Å². The van der Waals surface area contributed by atoms with Crippen molar-refractivity contribution in [3.05, 3.63) is 59.2 Å². The van der Waals surface area contributed by atoms with Crippen molar-refractivity contribution in [1.29, 1.82) is 0 Å². The second-order valence-corrected chi connectivity index (χ2v) is 5.40. The molecule has 1 N–H and O–H groups in total. The second-order valence-electron chi connectivity index (χ2n) is 5.40. The number of rotatable bonds is 5. The zero-order valence-electron chi connectivity index (χ0n) is 13.3. The molecule has 0 bridgehead atoms. The average molecular weight is 319 g/mol. The van der Waals surface area contributed by atoms with Crippen LogP contribution >= 0.6 is 0 Å². The third kappa shape index (κ3) is 4.28. The van der Waals surface area contributed by atoms with E-state index >= 15 is 0 Å². The third-order valence-corrected chi connectivity index (χ3v) is 3.46. The number of nitrogens with one attached hydrogen (secondary N) is 1. The Balaban J connectivity index is 2.11. The van der Waals surface area contributed by atoms with Crippen LogP contribution in [0.2, 0.25) is 0 Å². The molecule has 3 nitrogen and oxygen atoms in total. The van der Waals surface area contributed by atoms with E-state index in [0.29, 0.717) is 12.2 Å². The minimum atomic E-state index is -1.01. The van der Waals surface area contributed by atoms with Crippen LogP contribution < -0.4 is 10.1 Å². The van der Waals surface area contributed by atoms with E-state index in [-0.39, 0.29) is 5.69 Å². The minimum Gasteiger partial charge on any atom is -0.480 e. The van der Waals surface area contributed by atoms with Crippen molar-refractivity contribution in [2.24, 2.45) is 0 Å². The van der Waals surface area contributed by atoms with E-state index in [0.717, 1.165) is 23.3 Å². The summed E-state index contributed by atoms with van der Waals surface area (Å²) in [6, 6.07) is 8.97. The standard InChI is InChI=1S/C18H19F2NO2/c1-4-16(23-17-9-11(2)5-6-12(17)3)18(22)21-13-7-8-14(19)15(20)10-13/h5-10,16H,4H2,1-3H3,(H,21,22)/t16-/m1/s1. The first-order chi connectivity index (χ1) is 10.9. The number of aryl methyl sites for hydroxylation is 2. The number of carbonyl (C=O) groups excluding carboxylic acids is 1. The first kappa shape index (κ1) is 16.9. The van der Waals surface area contributed by atoms with Gasteiger partial charge in [-0.25, -0.2) is 8.78 Å². The molecule has 0 saturated heterocycles. The van der Waals surface area contributed by atoms with Gasteiger partial charge < -0.3 is 10.1 Å². The summed E-state index contributed by atoms with van der Waals surface area (Å²) in [5.74, 6) is -1.73. The van der Waals surface area contributed by atoms with Gasteiger partial charge in [-0.2, -0.15) is 0 Å². The lowest BCUT2D eigenvalue weighted by molar-refractivity contribution is -0.122. The van der Waals surface area contributed by atoms with E-state index in [2.05, 4.69) is 5.32 Å². The van der Waals surface area contributed by atoms with Gasteiger partial charge in [0, 0.05) is 11.8 Å². The number of benzene rings is 2. The fraction of sp³-hybridized carbons (Fsp3) is 0.278. The number of hydrogen-bond donors (Lipinski definition) is 1. The number of anilines is 1. The van der Waals surface area contributed by atoms with Gasteiger partial charge in [-0.1, -0.05) is 19.1 Å². The highest BCUT2D eigenvalue weighted by Crippen LogP contribution is 2.22. The Bertz CT molecular complexity index is 716. The zero-order chi connectivity index (χ0) is 17.0. The van der Waals surface area contributed by atoms with Crippen molar-refractivity contribution in [2.75, 3.05) is 5.32 Å². The summed E-state index contributed by atoms with van der Waals surface area (Å²) < 4.78 is 31.9. The Morgan fingerprint density at radius 2 is 1.87 bits per heavy atom. The van der Waals surface area contributed by atoms with Crippen LogP contribution in [0.5, 0.6) is 5.75 Å². The van der Waals surface area contributed by atoms with Gasteiger partial charge in [0.1, 0.15) is 5.75 Å². The van der Waals surface area contributed by atoms with Gasteiger partial charge in [-0.3, -0.25) is 4.79 Å². The molecule has 0 radical (unpaired) electrons. The molecule has 0 aliphatic rings. The Morgan fingerprint density at radius 3 is 2.52 bits per heavy atom. The predicted molar refractivity (Wildman–Crippen MR) is 85.6 cm³/mol. The molecular formula is C18H19F2NO2. The van der Waals surface area contributed by atoms with E-state index < -0.39 is 23.6 Å². The number of amides is 1. The molecule has 5 heteroatoms.